The van der Waals surface area contributed by atoms with Crippen molar-refractivity contribution in [2.24, 2.45) is 5.92 Å². The Morgan fingerprint density at radius 1 is 1.07 bits per heavy atom. The van der Waals surface area contributed by atoms with Crippen LogP contribution in [0.1, 0.15) is 27.7 Å². The van der Waals surface area contributed by atoms with E-state index in [4.69, 9.17) is 23.2 Å². The first-order chi connectivity index (χ1) is 6.75. The summed E-state index contributed by atoms with van der Waals surface area (Å²) in [4.78, 5) is 19.7. The maximum atomic E-state index is 9.89. The van der Waals surface area contributed by atoms with E-state index in [9.17, 15) is 9.59 Å². The third-order valence-corrected chi connectivity index (χ3v) is 1.06. The van der Waals surface area contributed by atoms with Gasteiger partial charge in [0.2, 0.25) is 0 Å². The molecule has 0 unspecified atom stereocenters. The van der Waals surface area contributed by atoms with Gasteiger partial charge in [0.1, 0.15) is 0 Å². The molecule has 90 valence electrons. The Morgan fingerprint density at radius 3 is 1.60 bits per heavy atom. The summed E-state index contributed by atoms with van der Waals surface area (Å²) in [7, 11) is 0. The molecule has 6 heteroatoms. The standard InChI is InChI=1S/C5H9ClO2.C4H7ClO2/c1-4(2)3-8-5(6)7;1-3(2)7-4(5)6/h4H,3H2,1-2H3;3H,1-2H3. The average Bonchev–Trinajstić information content (AvgIpc) is 1.99. The van der Waals surface area contributed by atoms with Crippen molar-refractivity contribution in [2.45, 2.75) is 33.8 Å². The van der Waals surface area contributed by atoms with E-state index in [1.54, 1.807) is 13.8 Å². The second-order valence-electron chi connectivity index (χ2n) is 3.35. The van der Waals surface area contributed by atoms with Crippen molar-refractivity contribution in [1.29, 1.82) is 0 Å². The SMILES string of the molecule is CC(C)COC(=O)Cl.CC(C)OC(=O)Cl. The van der Waals surface area contributed by atoms with E-state index in [1.165, 1.54) is 0 Å². The average molecular weight is 259 g/mol. The Hall–Kier alpha value is -0.480. The van der Waals surface area contributed by atoms with Gasteiger partial charge in [-0.3, -0.25) is 0 Å². The second kappa shape index (κ2) is 10.1. The lowest BCUT2D eigenvalue weighted by Gasteiger charge is -2.00. The lowest BCUT2D eigenvalue weighted by molar-refractivity contribution is 0.141. The summed E-state index contributed by atoms with van der Waals surface area (Å²) in [6.45, 7) is 7.77. The van der Waals surface area contributed by atoms with Gasteiger partial charge in [0.25, 0.3) is 0 Å². The van der Waals surface area contributed by atoms with E-state index in [2.05, 4.69) is 9.47 Å². The van der Waals surface area contributed by atoms with Gasteiger partial charge in [0.05, 0.1) is 12.7 Å². The Labute approximate surface area is 99.8 Å². The van der Waals surface area contributed by atoms with Crippen LogP contribution in [0, 0.1) is 5.92 Å². The minimum Gasteiger partial charge on any atom is -0.453 e. The number of rotatable bonds is 3. The van der Waals surface area contributed by atoms with Crippen molar-refractivity contribution < 1.29 is 19.1 Å². The van der Waals surface area contributed by atoms with Crippen molar-refractivity contribution in [1.82, 2.24) is 0 Å². The van der Waals surface area contributed by atoms with Crippen LogP contribution >= 0.6 is 23.2 Å². The largest absolute Gasteiger partial charge is 0.453 e. The molecule has 0 aliphatic rings. The summed E-state index contributed by atoms with van der Waals surface area (Å²) in [6.07, 6.45) is -0.106. The van der Waals surface area contributed by atoms with Crippen molar-refractivity contribution in [2.75, 3.05) is 6.61 Å². The third-order valence-electron chi connectivity index (χ3n) is 0.859. The first-order valence-electron chi connectivity index (χ1n) is 4.44. The van der Waals surface area contributed by atoms with Crippen LogP contribution in [-0.4, -0.2) is 23.6 Å². The smallest absolute Gasteiger partial charge is 0.404 e. The molecule has 0 amide bonds. The van der Waals surface area contributed by atoms with Gasteiger partial charge < -0.3 is 9.47 Å². The van der Waals surface area contributed by atoms with Crippen LogP contribution in [0.2, 0.25) is 0 Å². The highest BCUT2D eigenvalue weighted by Gasteiger charge is 1.97. The first kappa shape index (κ1) is 16.9. The fourth-order valence-corrected chi connectivity index (χ4v) is 0.659. The molecular formula is C9H16Cl2O4. The first-order valence-corrected chi connectivity index (χ1v) is 5.19. The lowest BCUT2D eigenvalue weighted by atomic mass is 10.2. The van der Waals surface area contributed by atoms with E-state index in [1.807, 2.05) is 13.8 Å². The predicted octanol–water partition coefficient (Wildman–Crippen LogP) is 3.79. The summed E-state index contributed by atoms with van der Waals surface area (Å²) >= 11 is 9.67. The molecule has 0 radical (unpaired) electrons. The van der Waals surface area contributed by atoms with E-state index in [0.717, 1.165) is 0 Å². The molecule has 0 aliphatic carbocycles. The van der Waals surface area contributed by atoms with Crippen molar-refractivity contribution >= 4 is 34.1 Å². The molecular weight excluding hydrogens is 243 g/mol. The summed E-state index contributed by atoms with van der Waals surface area (Å²) in [5, 5.41) is 0. The monoisotopic (exact) mass is 258 g/mol. The number of hydrogen-bond donors (Lipinski definition) is 0. The van der Waals surface area contributed by atoms with Crippen LogP contribution in [0.5, 0.6) is 0 Å². The zero-order valence-corrected chi connectivity index (χ0v) is 10.8. The molecule has 0 spiro atoms. The van der Waals surface area contributed by atoms with Gasteiger partial charge in [-0.25, -0.2) is 9.59 Å². The van der Waals surface area contributed by atoms with Gasteiger partial charge in [0.15, 0.2) is 0 Å². The number of halogens is 2. The fourth-order valence-electron chi connectivity index (χ4n) is 0.417. The Balaban J connectivity index is 0. The Morgan fingerprint density at radius 2 is 1.53 bits per heavy atom. The maximum absolute atomic E-state index is 9.89. The quantitative estimate of drug-likeness (QED) is 0.723. The lowest BCUT2D eigenvalue weighted by Crippen LogP contribution is -2.03. The third kappa shape index (κ3) is 24.7. The van der Waals surface area contributed by atoms with Crippen molar-refractivity contribution in [3.05, 3.63) is 0 Å². The van der Waals surface area contributed by atoms with Crippen LogP contribution in [-0.2, 0) is 9.47 Å². The second-order valence-corrected chi connectivity index (χ2v) is 3.96. The summed E-state index contributed by atoms with van der Waals surface area (Å²) in [6, 6.07) is 0. The zero-order chi connectivity index (χ0) is 12.4. The van der Waals surface area contributed by atoms with Gasteiger partial charge in [-0.05, 0) is 19.8 Å². The molecule has 0 rings (SSSR count). The fraction of sp³-hybridized carbons (Fsp3) is 0.778. The molecule has 0 fully saturated rings. The number of hydrogen-bond acceptors (Lipinski definition) is 4. The normalized spacial score (nSPS) is 9.33. The van der Waals surface area contributed by atoms with Crippen molar-refractivity contribution in [3.8, 4) is 0 Å². The minimum atomic E-state index is -0.741. The molecule has 0 heterocycles. The molecule has 0 aromatic carbocycles. The number of ether oxygens (including phenoxy) is 2. The molecule has 0 bridgehead atoms. The molecule has 15 heavy (non-hydrogen) atoms. The van der Waals surface area contributed by atoms with Crippen LogP contribution in [0.3, 0.4) is 0 Å². The number of carbonyl (C=O) groups excluding carboxylic acids is 2. The molecule has 0 aromatic heterocycles. The van der Waals surface area contributed by atoms with Gasteiger partial charge in [-0.2, -0.15) is 0 Å². The van der Waals surface area contributed by atoms with E-state index in [-0.39, 0.29) is 6.10 Å². The van der Waals surface area contributed by atoms with Gasteiger partial charge in [-0.1, -0.05) is 13.8 Å². The Bertz CT molecular complexity index is 193. The maximum Gasteiger partial charge on any atom is 0.404 e. The molecule has 0 saturated heterocycles. The van der Waals surface area contributed by atoms with E-state index in [0.29, 0.717) is 12.5 Å². The van der Waals surface area contributed by atoms with Crippen molar-refractivity contribution in [3.63, 3.8) is 0 Å². The molecule has 0 N–H and O–H groups in total. The van der Waals surface area contributed by atoms with Gasteiger partial charge in [-0.15, -0.1) is 0 Å². The molecule has 0 saturated carbocycles. The highest BCUT2D eigenvalue weighted by molar-refractivity contribution is 6.61. The van der Waals surface area contributed by atoms with E-state index < -0.39 is 10.9 Å². The summed E-state index contributed by atoms with van der Waals surface area (Å²) in [5.41, 5.74) is -1.46. The topological polar surface area (TPSA) is 52.6 Å². The molecule has 4 nitrogen and oxygen atoms in total. The molecule has 0 atom stereocenters. The van der Waals surface area contributed by atoms with Crippen LogP contribution in [0.15, 0.2) is 0 Å². The highest BCUT2D eigenvalue weighted by Crippen LogP contribution is 1.95. The minimum absolute atomic E-state index is 0.106. The summed E-state index contributed by atoms with van der Waals surface area (Å²) < 4.78 is 8.81. The Kier molecular flexibility index (Phi) is 11.3. The van der Waals surface area contributed by atoms with Crippen LogP contribution in [0.25, 0.3) is 0 Å². The van der Waals surface area contributed by atoms with Crippen LogP contribution in [0.4, 0.5) is 9.59 Å². The molecule has 0 aromatic rings. The molecule has 0 aliphatic heterocycles. The highest BCUT2D eigenvalue weighted by atomic mass is 35.5. The van der Waals surface area contributed by atoms with E-state index >= 15 is 0 Å². The summed E-state index contributed by atoms with van der Waals surface area (Å²) in [5.74, 6) is 0.359. The number of carbonyl (C=O) groups is 2. The van der Waals surface area contributed by atoms with Gasteiger partial charge in [0, 0.05) is 23.2 Å². The van der Waals surface area contributed by atoms with Crippen LogP contribution < -0.4 is 0 Å². The predicted molar refractivity (Wildman–Crippen MR) is 59.5 cm³/mol. The van der Waals surface area contributed by atoms with Gasteiger partial charge >= 0.3 is 10.9 Å². The zero-order valence-electron chi connectivity index (χ0n) is 9.25.